The lowest BCUT2D eigenvalue weighted by atomic mass is 10.1. The van der Waals surface area contributed by atoms with Crippen molar-refractivity contribution in [1.82, 2.24) is 19.4 Å². The molecular weight excluding hydrogens is 359 g/mol. The number of imidazole rings is 1. The van der Waals surface area contributed by atoms with Crippen molar-refractivity contribution in [3.63, 3.8) is 0 Å². The Kier molecular flexibility index (Phi) is 5.23. The van der Waals surface area contributed by atoms with E-state index in [9.17, 15) is 9.18 Å². The summed E-state index contributed by atoms with van der Waals surface area (Å²) in [7, 11) is 0. The van der Waals surface area contributed by atoms with Crippen LogP contribution in [0.3, 0.4) is 0 Å². The first-order chi connectivity index (χ1) is 13.6. The van der Waals surface area contributed by atoms with Crippen LogP contribution in [0.1, 0.15) is 48.8 Å². The summed E-state index contributed by atoms with van der Waals surface area (Å²) >= 11 is 0. The smallest absolute Gasteiger partial charge is 0.243 e. The van der Waals surface area contributed by atoms with E-state index in [1.807, 2.05) is 22.6 Å². The third kappa shape index (κ3) is 3.83. The van der Waals surface area contributed by atoms with Crippen LogP contribution in [0, 0.1) is 5.82 Å². The molecule has 0 N–H and O–H groups in total. The van der Waals surface area contributed by atoms with Crippen LogP contribution in [0.25, 0.3) is 0 Å². The van der Waals surface area contributed by atoms with E-state index < -0.39 is 0 Å². The molecule has 0 spiro atoms. The van der Waals surface area contributed by atoms with E-state index in [1.165, 1.54) is 12.1 Å². The second-order valence-electron chi connectivity index (χ2n) is 7.04. The Morgan fingerprint density at radius 1 is 1.29 bits per heavy atom. The van der Waals surface area contributed by atoms with Crippen molar-refractivity contribution in [3.05, 3.63) is 71.7 Å². The number of benzene rings is 1. The fourth-order valence-corrected chi connectivity index (χ4v) is 3.72. The van der Waals surface area contributed by atoms with E-state index in [0.29, 0.717) is 24.6 Å². The third-order valence-electron chi connectivity index (χ3n) is 5.14. The van der Waals surface area contributed by atoms with Gasteiger partial charge in [-0.15, -0.1) is 0 Å². The Balaban J connectivity index is 1.45. The number of hydrogen-bond acceptors (Lipinski definition) is 4. The van der Waals surface area contributed by atoms with Crippen LogP contribution in [-0.2, 0) is 24.2 Å². The van der Waals surface area contributed by atoms with Crippen molar-refractivity contribution in [2.24, 2.45) is 0 Å². The molecule has 3 aromatic rings. The Morgan fingerprint density at radius 3 is 2.89 bits per heavy atom. The average molecular weight is 382 g/mol. The van der Waals surface area contributed by atoms with E-state index in [4.69, 9.17) is 4.42 Å². The number of carbonyl (C=O) groups excluding carboxylic acids is 1. The minimum Gasteiger partial charge on any atom is -0.443 e. The number of aromatic nitrogens is 3. The van der Waals surface area contributed by atoms with Gasteiger partial charge in [-0.25, -0.2) is 14.4 Å². The number of oxazole rings is 1. The topological polar surface area (TPSA) is 64.2 Å². The zero-order chi connectivity index (χ0) is 19.5. The van der Waals surface area contributed by atoms with Gasteiger partial charge in [0.05, 0.1) is 6.20 Å². The molecule has 28 heavy (non-hydrogen) atoms. The van der Waals surface area contributed by atoms with Gasteiger partial charge in [0.15, 0.2) is 0 Å². The Hall–Kier alpha value is -2.96. The largest absolute Gasteiger partial charge is 0.443 e. The minimum atomic E-state index is -0.258. The second kappa shape index (κ2) is 7.96. The highest BCUT2D eigenvalue weighted by Gasteiger charge is 2.33. The molecule has 2 aromatic heterocycles. The van der Waals surface area contributed by atoms with E-state index >= 15 is 0 Å². The number of carbonyl (C=O) groups is 1. The maximum atomic E-state index is 13.1. The summed E-state index contributed by atoms with van der Waals surface area (Å²) in [5, 5.41) is 0. The van der Waals surface area contributed by atoms with Gasteiger partial charge in [-0.1, -0.05) is 19.1 Å². The monoisotopic (exact) mass is 382 g/mol. The molecule has 1 saturated heterocycles. The fraction of sp³-hybridized carbons (Fsp3) is 0.381. The molecule has 1 aliphatic heterocycles. The zero-order valence-corrected chi connectivity index (χ0v) is 15.8. The Labute approximate surface area is 163 Å². The number of rotatable bonds is 6. The van der Waals surface area contributed by atoms with Gasteiger partial charge in [0.2, 0.25) is 11.8 Å². The number of nitrogens with zero attached hydrogens (tertiary/aromatic N) is 4. The number of halogens is 1. The van der Waals surface area contributed by atoms with Gasteiger partial charge in [0, 0.05) is 31.8 Å². The van der Waals surface area contributed by atoms with Crippen LogP contribution in [0.2, 0.25) is 0 Å². The van der Waals surface area contributed by atoms with Gasteiger partial charge in [-0.05, 0) is 30.5 Å². The van der Waals surface area contributed by atoms with E-state index in [2.05, 4.69) is 9.97 Å². The molecule has 6 nitrogen and oxygen atoms in total. The van der Waals surface area contributed by atoms with Gasteiger partial charge in [-0.2, -0.15) is 0 Å². The van der Waals surface area contributed by atoms with Crippen molar-refractivity contribution in [3.8, 4) is 0 Å². The van der Waals surface area contributed by atoms with Gasteiger partial charge < -0.3 is 13.9 Å². The standard InChI is InChI=1S/C21H23FN4O2/c1-2-19-23-9-11-25(19)14-20(27)26-10-3-4-18(26)21-24-13-17(28-21)12-15-5-7-16(22)8-6-15/h5-9,11,13,18H,2-4,10,12,14H2,1H3/t18-/m0/s1. The second-order valence-corrected chi connectivity index (χ2v) is 7.04. The maximum absolute atomic E-state index is 13.1. The highest BCUT2D eigenvalue weighted by molar-refractivity contribution is 5.76. The summed E-state index contributed by atoms with van der Waals surface area (Å²) in [6, 6.07) is 6.21. The van der Waals surface area contributed by atoms with Crippen LogP contribution in [0.4, 0.5) is 4.39 Å². The molecule has 0 saturated carbocycles. The third-order valence-corrected chi connectivity index (χ3v) is 5.14. The molecule has 0 aliphatic carbocycles. The van der Waals surface area contributed by atoms with Crippen molar-refractivity contribution in [1.29, 1.82) is 0 Å². The van der Waals surface area contributed by atoms with Gasteiger partial charge in [-0.3, -0.25) is 4.79 Å². The predicted octanol–water partition coefficient (Wildman–Crippen LogP) is 3.53. The summed E-state index contributed by atoms with van der Waals surface area (Å²) in [5.41, 5.74) is 0.954. The van der Waals surface area contributed by atoms with Crippen molar-refractivity contribution in [2.75, 3.05) is 6.54 Å². The minimum absolute atomic E-state index is 0.0495. The lowest BCUT2D eigenvalue weighted by Crippen LogP contribution is -2.33. The molecule has 1 aliphatic rings. The Bertz CT molecular complexity index is 947. The molecule has 3 heterocycles. The first kappa shape index (κ1) is 18.4. The van der Waals surface area contributed by atoms with Gasteiger partial charge >= 0.3 is 0 Å². The average Bonchev–Trinajstić information content (AvgIpc) is 3.43. The van der Waals surface area contributed by atoms with Crippen molar-refractivity contribution >= 4 is 5.91 Å². The fourth-order valence-electron chi connectivity index (χ4n) is 3.72. The summed E-state index contributed by atoms with van der Waals surface area (Å²) in [4.78, 5) is 23.4. The molecule has 4 rings (SSSR count). The normalized spacial score (nSPS) is 16.6. The number of amides is 1. The van der Waals surface area contributed by atoms with Crippen molar-refractivity contribution in [2.45, 2.75) is 45.2 Å². The van der Waals surface area contributed by atoms with E-state index in [-0.39, 0.29) is 24.3 Å². The van der Waals surface area contributed by atoms with Crippen LogP contribution in [0.5, 0.6) is 0 Å². The lowest BCUT2D eigenvalue weighted by Gasteiger charge is -2.23. The van der Waals surface area contributed by atoms with Gasteiger partial charge in [0.25, 0.3) is 0 Å². The molecule has 0 unspecified atom stereocenters. The SMILES string of the molecule is CCc1nccn1CC(=O)N1CCC[C@H]1c1ncc(Cc2ccc(F)cc2)o1. The summed E-state index contributed by atoms with van der Waals surface area (Å²) in [6.07, 6.45) is 8.37. The molecular formula is C21H23FN4O2. The molecule has 146 valence electrons. The highest BCUT2D eigenvalue weighted by Crippen LogP contribution is 2.32. The maximum Gasteiger partial charge on any atom is 0.243 e. The lowest BCUT2D eigenvalue weighted by molar-refractivity contribution is -0.133. The molecule has 1 aromatic carbocycles. The Morgan fingerprint density at radius 2 is 2.11 bits per heavy atom. The molecule has 1 fully saturated rings. The predicted molar refractivity (Wildman–Crippen MR) is 101 cm³/mol. The number of aryl methyl sites for hydroxylation is 1. The van der Waals surface area contributed by atoms with Crippen molar-refractivity contribution < 1.29 is 13.6 Å². The van der Waals surface area contributed by atoms with Gasteiger partial charge in [0.1, 0.15) is 30.0 Å². The number of hydrogen-bond donors (Lipinski definition) is 0. The molecule has 1 atom stereocenters. The molecule has 0 bridgehead atoms. The summed E-state index contributed by atoms with van der Waals surface area (Å²) < 4.78 is 20.9. The summed E-state index contributed by atoms with van der Waals surface area (Å²) in [6.45, 7) is 3.01. The van der Waals surface area contributed by atoms with Crippen LogP contribution >= 0.6 is 0 Å². The zero-order valence-electron chi connectivity index (χ0n) is 15.8. The van der Waals surface area contributed by atoms with E-state index in [1.54, 1.807) is 24.5 Å². The van der Waals surface area contributed by atoms with Crippen LogP contribution < -0.4 is 0 Å². The summed E-state index contributed by atoms with van der Waals surface area (Å²) in [5.74, 6) is 1.98. The highest BCUT2D eigenvalue weighted by atomic mass is 19.1. The van der Waals surface area contributed by atoms with Crippen LogP contribution in [0.15, 0.2) is 47.3 Å². The quantitative estimate of drug-likeness (QED) is 0.654. The molecule has 1 amide bonds. The first-order valence-corrected chi connectivity index (χ1v) is 9.62. The van der Waals surface area contributed by atoms with E-state index in [0.717, 1.165) is 30.7 Å². The number of likely N-dealkylation sites (tertiary alicyclic amines) is 1. The van der Waals surface area contributed by atoms with Crippen LogP contribution in [-0.4, -0.2) is 31.9 Å². The molecule has 7 heteroatoms. The molecule has 0 radical (unpaired) electrons. The first-order valence-electron chi connectivity index (χ1n) is 9.62.